The first-order valence-electron chi connectivity index (χ1n) is 5.20. The van der Waals surface area contributed by atoms with Gasteiger partial charge in [-0.2, -0.15) is 0 Å². The summed E-state index contributed by atoms with van der Waals surface area (Å²) in [6.07, 6.45) is 2.95. The fourth-order valence-electron chi connectivity index (χ4n) is 2.16. The molecule has 0 bridgehead atoms. The van der Waals surface area contributed by atoms with E-state index in [1.807, 2.05) is 6.92 Å². The summed E-state index contributed by atoms with van der Waals surface area (Å²) in [6, 6.07) is 0. The predicted octanol–water partition coefficient (Wildman–Crippen LogP) is 3.20. The normalized spacial score (nSPS) is 29.4. The molecule has 0 heterocycles. The molecule has 0 aromatic heterocycles. The van der Waals surface area contributed by atoms with Crippen LogP contribution in [0.2, 0.25) is 0 Å². The summed E-state index contributed by atoms with van der Waals surface area (Å²) in [7, 11) is 0. The first-order chi connectivity index (χ1) is 6.02. The van der Waals surface area contributed by atoms with Crippen molar-refractivity contribution in [3.05, 3.63) is 12.2 Å². The third-order valence-electron chi connectivity index (χ3n) is 3.19. The van der Waals surface area contributed by atoms with Gasteiger partial charge in [0.25, 0.3) is 0 Å². The van der Waals surface area contributed by atoms with Crippen LogP contribution >= 0.6 is 0 Å². The monoisotopic (exact) mass is 180 g/mol. The van der Waals surface area contributed by atoms with Crippen LogP contribution in [0.4, 0.5) is 0 Å². The molecule has 0 radical (unpaired) electrons. The van der Waals surface area contributed by atoms with Crippen LogP contribution in [-0.4, -0.2) is 5.78 Å². The summed E-state index contributed by atoms with van der Waals surface area (Å²) in [5.74, 6) is 1.74. The first-order valence-corrected chi connectivity index (χ1v) is 5.20. The van der Waals surface area contributed by atoms with Crippen LogP contribution in [0, 0.1) is 17.8 Å². The minimum atomic E-state index is 0.315. The topological polar surface area (TPSA) is 17.1 Å². The van der Waals surface area contributed by atoms with Gasteiger partial charge in [0, 0.05) is 12.3 Å². The highest BCUT2D eigenvalue weighted by Crippen LogP contribution is 2.33. The van der Waals surface area contributed by atoms with Gasteiger partial charge < -0.3 is 0 Å². The number of allylic oxidation sites excluding steroid dienone is 1. The second-order valence-corrected chi connectivity index (χ2v) is 4.64. The maximum absolute atomic E-state index is 11.7. The molecule has 1 aliphatic rings. The van der Waals surface area contributed by atoms with E-state index in [1.54, 1.807) is 0 Å². The highest BCUT2D eigenvalue weighted by Gasteiger charge is 2.30. The Morgan fingerprint density at radius 1 is 1.46 bits per heavy atom. The summed E-state index contributed by atoms with van der Waals surface area (Å²) in [6.45, 7) is 10.3. The van der Waals surface area contributed by atoms with E-state index in [1.165, 1.54) is 5.57 Å². The molecule has 1 fully saturated rings. The van der Waals surface area contributed by atoms with Crippen molar-refractivity contribution in [1.29, 1.82) is 0 Å². The SMILES string of the molecule is C=C(C)[C@H]1CC[C@H](C(C)C)C(=O)C1. The molecule has 0 aromatic carbocycles. The highest BCUT2D eigenvalue weighted by molar-refractivity contribution is 5.82. The van der Waals surface area contributed by atoms with Gasteiger partial charge in [-0.25, -0.2) is 0 Å². The Morgan fingerprint density at radius 3 is 2.46 bits per heavy atom. The average molecular weight is 180 g/mol. The molecule has 0 aromatic rings. The number of Topliss-reactive ketones (excluding diaryl/α,β-unsaturated/α-hetero) is 1. The van der Waals surface area contributed by atoms with E-state index in [2.05, 4.69) is 20.4 Å². The average Bonchev–Trinajstić information content (AvgIpc) is 2.03. The van der Waals surface area contributed by atoms with Gasteiger partial charge in [-0.3, -0.25) is 4.79 Å². The molecular formula is C12H20O. The Hall–Kier alpha value is -0.590. The summed E-state index contributed by atoms with van der Waals surface area (Å²) in [4.78, 5) is 11.7. The number of hydrogen-bond donors (Lipinski definition) is 0. The van der Waals surface area contributed by atoms with E-state index in [0.717, 1.165) is 19.3 Å². The van der Waals surface area contributed by atoms with Crippen molar-refractivity contribution in [2.45, 2.75) is 40.0 Å². The lowest BCUT2D eigenvalue weighted by atomic mass is 9.74. The quantitative estimate of drug-likeness (QED) is 0.596. The molecular weight excluding hydrogens is 160 g/mol. The van der Waals surface area contributed by atoms with E-state index >= 15 is 0 Å². The molecule has 0 N–H and O–H groups in total. The maximum atomic E-state index is 11.7. The Balaban J connectivity index is 2.57. The third-order valence-corrected chi connectivity index (χ3v) is 3.19. The summed E-state index contributed by atoms with van der Waals surface area (Å²) >= 11 is 0. The van der Waals surface area contributed by atoms with Gasteiger partial charge in [0.1, 0.15) is 5.78 Å². The van der Waals surface area contributed by atoms with Crippen molar-refractivity contribution < 1.29 is 4.79 Å². The van der Waals surface area contributed by atoms with Gasteiger partial charge in [-0.05, 0) is 31.6 Å². The molecule has 1 aliphatic carbocycles. The number of carbonyl (C=O) groups excluding carboxylic acids is 1. The van der Waals surface area contributed by atoms with E-state index in [9.17, 15) is 4.79 Å². The first kappa shape index (κ1) is 10.5. The van der Waals surface area contributed by atoms with Crippen LogP contribution in [-0.2, 0) is 4.79 Å². The fraction of sp³-hybridized carbons (Fsp3) is 0.750. The Labute approximate surface area is 81.2 Å². The molecule has 1 heteroatoms. The Morgan fingerprint density at radius 2 is 2.08 bits per heavy atom. The molecule has 0 spiro atoms. The van der Waals surface area contributed by atoms with Crippen LogP contribution < -0.4 is 0 Å². The van der Waals surface area contributed by atoms with Gasteiger partial charge in [0.05, 0.1) is 0 Å². The van der Waals surface area contributed by atoms with Gasteiger partial charge in [0.15, 0.2) is 0 Å². The van der Waals surface area contributed by atoms with Crippen LogP contribution in [0.3, 0.4) is 0 Å². The summed E-state index contributed by atoms with van der Waals surface area (Å²) in [5.41, 5.74) is 1.18. The Bertz CT molecular complexity index is 215. The molecule has 2 atom stereocenters. The summed E-state index contributed by atoms with van der Waals surface area (Å²) < 4.78 is 0. The lowest BCUT2D eigenvalue weighted by Crippen LogP contribution is -2.28. The zero-order chi connectivity index (χ0) is 10.0. The highest BCUT2D eigenvalue weighted by atomic mass is 16.1. The van der Waals surface area contributed by atoms with E-state index < -0.39 is 0 Å². The van der Waals surface area contributed by atoms with E-state index in [0.29, 0.717) is 23.5 Å². The molecule has 0 amide bonds. The van der Waals surface area contributed by atoms with Crippen LogP contribution in [0.15, 0.2) is 12.2 Å². The molecule has 0 aliphatic heterocycles. The van der Waals surface area contributed by atoms with Crippen LogP contribution in [0.25, 0.3) is 0 Å². The number of hydrogen-bond acceptors (Lipinski definition) is 1. The minimum absolute atomic E-state index is 0.315. The van der Waals surface area contributed by atoms with Gasteiger partial charge >= 0.3 is 0 Å². The minimum Gasteiger partial charge on any atom is -0.299 e. The lowest BCUT2D eigenvalue weighted by Gasteiger charge is -2.29. The lowest BCUT2D eigenvalue weighted by molar-refractivity contribution is -0.127. The van der Waals surface area contributed by atoms with Crippen molar-refractivity contribution in [2.75, 3.05) is 0 Å². The number of carbonyl (C=O) groups is 1. The fourth-order valence-corrected chi connectivity index (χ4v) is 2.16. The predicted molar refractivity (Wildman–Crippen MR) is 55.5 cm³/mol. The second kappa shape index (κ2) is 4.08. The summed E-state index contributed by atoms with van der Waals surface area (Å²) in [5, 5.41) is 0. The maximum Gasteiger partial charge on any atom is 0.136 e. The molecule has 0 unspecified atom stereocenters. The van der Waals surface area contributed by atoms with Crippen molar-refractivity contribution in [2.24, 2.45) is 17.8 Å². The van der Waals surface area contributed by atoms with Crippen LogP contribution in [0.1, 0.15) is 40.0 Å². The van der Waals surface area contributed by atoms with Crippen molar-refractivity contribution in [3.8, 4) is 0 Å². The molecule has 74 valence electrons. The zero-order valence-electron chi connectivity index (χ0n) is 8.97. The van der Waals surface area contributed by atoms with Crippen molar-refractivity contribution >= 4 is 5.78 Å². The molecule has 1 rings (SSSR count). The standard InChI is InChI=1S/C12H20O/c1-8(2)10-5-6-11(9(3)4)12(13)7-10/h9-11H,1,5-7H2,2-4H3/t10-,11+/m0/s1. The smallest absolute Gasteiger partial charge is 0.136 e. The van der Waals surface area contributed by atoms with Crippen molar-refractivity contribution in [3.63, 3.8) is 0 Å². The number of rotatable bonds is 2. The molecule has 1 saturated carbocycles. The van der Waals surface area contributed by atoms with Crippen molar-refractivity contribution in [1.82, 2.24) is 0 Å². The second-order valence-electron chi connectivity index (χ2n) is 4.64. The Kier molecular flexibility index (Phi) is 3.29. The van der Waals surface area contributed by atoms with Gasteiger partial charge in [0.2, 0.25) is 0 Å². The number of ketones is 1. The zero-order valence-corrected chi connectivity index (χ0v) is 8.97. The molecule has 13 heavy (non-hydrogen) atoms. The third kappa shape index (κ3) is 2.43. The van der Waals surface area contributed by atoms with E-state index in [-0.39, 0.29) is 0 Å². The van der Waals surface area contributed by atoms with Gasteiger partial charge in [-0.15, -0.1) is 0 Å². The largest absolute Gasteiger partial charge is 0.299 e. The molecule has 1 nitrogen and oxygen atoms in total. The van der Waals surface area contributed by atoms with E-state index in [4.69, 9.17) is 0 Å². The van der Waals surface area contributed by atoms with Gasteiger partial charge in [-0.1, -0.05) is 26.0 Å². The molecule has 0 saturated heterocycles. The van der Waals surface area contributed by atoms with Crippen LogP contribution in [0.5, 0.6) is 0 Å².